The molecule has 5 nitrogen and oxygen atoms in total. The molecule has 0 saturated carbocycles. The fourth-order valence-corrected chi connectivity index (χ4v) is 2.96. The number of rotatable bonds is 5. The van der Waals surface area contributed by atoms with Crippen LogP contribution >= 0.6 is 0 Å². The van der Waals surface area contributed by atoms with Gasteiger partial charge in [0, 0.05) is 11.6 Å². The van der Waals surface area contributed by atoms with Crippen LogP contribution in [0.2, 0.25) is 0 Å². The first-order valence-corrected chi connectivity index (χ1v) is 7.25. The number of hydrogen-bond acceptors (Lipinski definition) is 3. The first kappa shape index (κ1) is 15.4. The third kappa shape index (κ3) is 4.18. The molecule has 0 bridgehead atoms. The normalized spacial score (nSPS) is 12.7. The highest BCUT2D eigenvalue weighted by molar-refractivity contribution is 7.89. The van der Waals surface area contributed by atoms with Crippen LogP contribution < -0.4 is 4.72 Å². The van der Waals surface area contributed by atoms with Crippen LogP contribution in [0.3, 0.4) is 0 Å². The number of aliphatic carboxylic acids is 1. The number of carboxylic acid groups (broad SMARTS) is 1. The molecule has 1 rings (SSSR count). The van der Waals surface area contributed by atoms with Crippen LogP contribution in [0, 0.1) is 0 Å². The van der Waals surface area contributed by atoms with E-state index in [2.05, 4.69) is 4.72 Å². The molecule has 104 valence electrons. The van der Waals surface area contributed by atoms with Gasteiger partial charge in [-0.25, -0.2) is 17.9 Å². The largest absolute Gasteiger partial charge is 0.478 e. The monoisotopic (exact) mass is 283 g/mol. The first-order valence-electron chi connectivity index (χ1n) is 5.77. The molecule has 0 aliphatic carbocycles. The number of carboxylic acids is 1. The van der Waals surface area contributed by atoms with E-state index in [1.807, 2.05) is 0 Å². The van der Waals surface area contributed by atoms with Crippen molar-refractivity contribution in [1.29, 1.82) is 0 Å². The molecular formula is C13H17NO4S. The summed E-state index contributed by atoms with van der Waals surface area (Å²) in [7, 11) is -3.65. The van der Waals surface area contributed by atoms with Crippen molar-refractivity contribution in [3.63, 3.8) is 0 Å². The Morgan fingerprint density at radius 1 is 1.32 bits per heavy atom. The molecule has 0 unspecified atom stereocenters. The number of benzene rings is 1. The Labute approximate surface area is 113 Å². The van der Waals surface area contributed by atoms with Crippen molar-refractivity contribution in [2.45, 2.75) is 31.7 Å². The van der Waals surface area contributed by atoms with E-state index in [0.717, 1.165) is 0 Å². The van der Waals surface area contributed by atoms with Crippen molar-refractivity contribution in [2.24, 2.45) is 0 Å². The molecule has 0 aliphatic rings. The molecule has 0 radical (unpaired) electrons. The van der Waals surface area contributed by atoms with Crippen LogP contribution in [-0.2, 0) is 14.8 Å². The molecular weight excluding hydrogens is 266 g/mol. The van der Waals surface area contributed by atoms with Gasteiger partial charge in [-0.15, -0.1) is 0 Å². The molecule has 1 aromatic carbocycles. The Kier molecular flexibility index (Phi) is 4.85. The van der Waals surface area contributed by atoms with Gasteiger partial charge in [0.25, 0.3) is 0 Å². The summed E-state index contributed by atoms with van der Waals surface area (Å²) in [5.41, 5.74) is 0.433. The van der Waals surface area contributed by atoms with Crippen molar-refractivity contribution < 1.29 is 18.3 Å². The molecule has 2 N–H and O–H groups in total. The van der Waals surface area contributed by atoms with Crippen LogP contribution in [-0.4, -0.2) is 25.5 Å². The molecule has 1 aromatic rings. The summed E-state index contributed by atoms with van der Waals surface area (Å²) in [6.07, 6.45) is 1.34. The molecule has 0 amide bonds. The molecule has 6 heteroatoms. The average molecular weight is 283 g/mol. The summed E-state index contributed by atoms with van der Waals surface area (Å²) in [6.45, 7) is 4.86. The van der Waals surface area contributed by atoms with E-state index in [-0.39, 0.29) is 16.5 Å². The van der Waals surface area contributed by atoms with E-state index in [1.165, 1.54) is 19.1 Å². The molecule has 0 fully saturated rings. The van der Waals surface area contributed by atoms with Crippen molar-refractivity contribution in [3.05, 3.63) is 35.4 Å². The van der Waals surface area contributed by atoms with Crippen molar-refractivity contribution in [1.82, 2.24) is 4.72 Å². The van der Waals surface area contributed by atoms with Gasteiger partial charge in [0.15, 0.2) is 0 Å². The smallest absolute Gasteiger partial charge is 0.331 e. The van der Waals surface area contributed by atoms with Gasteiger partial charge in [0.2, 0.25) is 10.0 Å². The third-order valence-electron chi connectivity index (χ3n) is 2.31. The van der Waals surface area contributed by atoms with Crippen LogP contribution in [0.15, 0.2) is 34.7 Å². The Morgan fingerprint density at radius 3 is 2.42 bits per heavy atom. The average Bonchev–Trinajstić information content (AvgIpc) is 2.27. The second-order valence-corrected chi connectivity index (χ2v) is 6.13. The summed E-state index contributed by atoms with van der Waals surface area (Å²) in [5.74, 6) is -1.08. The highest BCUT2D eigenvalue weighted by atomic mass is 32.2. The zero-order valence-corrected chi connectivity index (χ0v) is 11.9. The Morgan fingerprint density at radius 2 is 1.89 bits per heavy atom. The van der Waals surface area contributed by atoms with E-state index in [9.17, 15) is 13.2 Å². The van der Waals surface area contributed by atoms with E-state index in [0.29, 0.717) is 5.56 Å². The summed E-state index contributed by atoms with van der Waals surface area (Å²) in [6, 6.07) is 6.05. The molecule has 0 heterocycles. The number of sulfonamides is 1. The lowest BCUT2D eigenvalue weighted by Crippen LogP contribution is -2.30. The van der Waals surface area contributed by atoms with Gasteiger partial charge in [-0.1, -0.05) is 18.2 Å². The number of hydrogen-bond donors (Lipinski definition) is 2. The SMILES string of the molecule is C/C(=C\c1ccccc1S(=O)(=O)NC(C)C)C(=O)O. The summed E-state index contributed by atoms with van der Waals surface area (Å²) < 4.78 is 26.7. The van der Waals surface area contributed by atoms with E-state index in [4.69, 9.17) is 5.11 Å². The maximum absolute atomic E-state index is 12.1. The highest BCUT2D eigenvalue weighted by Gasteiger charge is 2.18. The topological polar surface area (TPSA) is 83.5 Å². The molecule has 0 aromatic heterocycles. The van der Waals surface area contributed by atoms with Gasteiger partial charge in [-0.2, -0.15) is 0 Å². The maximum atomic E-state index is 12.1. The fraction of sp³-hybridized carbons (Fsp3) is 0.308. The second-order valence-electron chi connectivity index (χ2n) is 4.45. The van der Waals surface area contributed by atoms with Crippen molar-refractivity contribution in [2.75, 3.05) is 0 Å². The molecule has 0 aliphatic heterocycles. The van der Waals surface area contributed by atoms with Crippen LogP contribution in [0.1, 0.15) is 26.3 Å². The van der Waals surface area contributed by atoms with Crippen LogP contribution in [0.25, 0.3) is 6.08 Å². The summed E-state index contributed by atoms with van der Waals surface area (Å²) in [4.78, 5) is 10.9. The Hall–Kier alpha value is -1.66. The highest BCUT2D eigenvalue weighted by Crippen LogP contribution is 2.18. The number of nitrogens with one attached hydrogen (secondary N) is 1. The minimum atomic E-state index is -3.65. The van der Waals surface area contributed by atoms with Gasteiger partial charge < -0.3 is 5.11 Å². The lowest BCUT2D eigenvalue weighted by Gasteiger charge is -2.11. The maximum Gasteiger partial charge on any atom is 0.331 e. The Bertz CT molecular complexity index is 603. The minimum absolute atomic E-state index is 0.0734. The third-order valence-corrected chi connectivity index (χ3v) is 4.04. The minimum Gasteiger partial charge on any atom is -0.478 e. The van der Waals surface area contributed by atoms with Gasteiger partial charge in [0.05, 0.1) is 4.90 Å². The van der Waals surface area contributed by atoms with Crippen molar-refractivity contribution in [3.8, 4) is 0 Å². The Balaban J connectivity index is 3.31. The molecule has 19 heavy (non-hydrogen) atoms. The quantitative estimate of drug-likeness (QED) is 0.808. The van der Waals surface area contributed by atoms with Crippen LogP contribution in [0.4, 0.5) is 0 Å². The van der Waals surface area contributed by atoms with E-state index >= 15 is 0 Å². The van der Waals surface area contributed by atoms with E-state index in [1.54, 1.807) is 32.0 Å². The molecule has 0 saturated heterocycles. The predicted octanol–water partition coefficient (Wildman–Crippen LogP) is 1.86. The summed E-state index contributed by atoms with van der Waals surface area (Å²) in [5, 5.41) is 8.85. The van der Waals surface area contributed by atoms with Gasteiger partial charge in [-0.05, 0) is 38.5 Å². The van der Waals surface area contributed by atoms with Gasteiger partial charge >= 0.3 is 5.97 Å². The first-order chi connectivity index (χ1) is 8.74. The zero-order valence-electron chi connectivity index (χ0n) is 11.0. The van der Waals surface area contributed by atoms with Crippen molar-refractivity contribution >= 4 is 22.1 Å². The predicted molar refractivity (Wildman–Crippen MR) is 73.2 cm³/mol. The number of carbonyl (C=O) groups is 1. The van der Waals surface area contributed by atoms with Gasteiger partial charge in [0.1, 0.15) is 0 Å². The van der Waals surface area contributed by atoms with Crippen LogP contribution in [0.5, 0.6) is 0 Å². The molecule has 0 spiro atoms. The lowest BCUT2D eigenvalue weighted by molar-refractivity contribution is -0.132. The standard InChI is InChI=1S/C13H17NO4S/c1-9(2)14-19(17,18)12-7-5-4-6-11(12)8-10(3)13(15)16/h4-9,14H,1-3H3,(H,15,16)/b10-8+. The lowest BCUT2D eigenvalue weighted by atomic mass is 10.1. The van der Waals surface area contributed by atoms with Gasteiger partial charge in [-0.3, -0.25) is 0 Å². The molecule has 0 atom stereocenters. The zero-order chi connectivity index (χ0) is 14.6. The summed E-state index contributed by atoms with van der Waals surface area (Å²) >= 11 is 0. The second kappa shape index (κ2) is 5.99. The fourth-order valence-electron chi connectivity index (χ4n) is 1.51. The van der Waals surface area contributed by atoms with E-state index < -0.39 is 16.0 Å².